The zero-order valence-electron chi connectivity index (χ0n) is 11.6. The second-order valence-corrected chi connectivity index (χ2v) is 6.99. The van der Waals surface area contributed by atoms with Crippen LogP contribution in [-0.4, -0.2) is 36.6 Å². The molecule has 1 aliphatic rings. The molecule has 0 bridgehead atoms. The van der Waals surface area contributed by atoms with E-state index in [0.717, 1.165) is 12.8 Å². The molecule has 2 N–H and O–H groups in total. The molecule has 120 valence electrons. The number of rotatable bonds is 6. The van der Waals surface area contributed by atoms with Gasteiger partial charge in [0.25, 0.3) is 0 Å². The smallest absolute Gasteiger partial charge is 0.346 e. The van der Waals surface area contributed by atoms with Gasteiger partial charge >= 0.3 is 6.18 Å². The number of nitrogens with two attached hydrogens (primary N) is 1. The maximum Gasteiger partial charge on any atom is 0.402 e. The Morgan fingerprint density at radius 3 is 2.48 bits per heavy atom. The molecular formula is C12H18F3N3O2S. The first kappa shape index (κ1) is 16.3. The number of nitrogens with zero attached hydrogens (tertiary/aromatic N) is 2. The number of hydrogen-bond donors (Lipinski definition) is 1. The third-order valence-corrected chi connectivity index (χ3v) is 5.29. The number of aromatic nitrogens is 1. The summed E-state index contributed by atoms with van der Waals surface area (Å²) in [4.78, 5) is -0.124. The Labute approximate surface area is 121 Å². The molecule has 0 aliphatic heterocycles. The molecule has 1 aromatic rings. The van der Waals surface area contributed by atoms with E-state index in [-0.39, 0.29) is 24.0 Å². The molecule has 9 heteroatoms. The topological polar surface area (TPSA) is 68.3 Å². The Morgan fingerprint density at radius 2 is 2.05 bits per heavy atom. The van der Waals surface area contributed by atoms with Crippen LogP contribution in [0.25, 0.3) is 0 Å². The number of alkyl halides is 3. The molecule has 1 saturated carbocycles. The van der Waals surface area contributed by atoms with Crippen LogP contribution in [0.2, 0.25) is 0 Å². The van der Waals surface area contributed by atoms with Crippen molar-refractivity contribution in [3.63, 3.8) is 0 Å². The molecule has 1 aliphatic carbocycles. The number of sulfonamides is 1. The van der Waals surface area contributed by atoms with Crippen molar-refractivity contribution in [1.29, 1.82) is 0 Å². The maximum atomic E-state index is 12.5. The number of hydrogen-bond acceptors (Lipinski definition) is 3. The van der Waals surface area contributed by atoms with E-state index in [4.69, 9.17) is 5.73 Å². The SMILES string of the molecule is CCN(CC(F)(F)F)S(=O)(=O)c1cc(CN)n(C2CC2)c1. The zero-order chi connectivity index (χ0) is 15.8. The molecule has 1 fully saturated rings. The molecule has 0 aromatic carbocycles. The maximum absolute atomic E-state index is 12.5. The summed E-state index contributed by atoms with van der Waals surface area (Å²) in [5.74, 6) is 0. The van der Waals surface area contributed by atoms with Crippen LogP contribution in [0, 0.1) is 0 Å². The van der Waals surface area contributed by atoms with Crippen molar-refractivity contribution < 1.29 is 21.6 Å². The van der Waals surface area contributed by atoms with Crippen molar-refractivity contribution in [2.24, 2.45) is 5.73 Å². The molecule has 21 heavy (non-hydrogen) atoms. The fourth-order valence-electron chi connectivity index (χ4n) is 2.21. The summed E-state index contributed by atoms with van der Waals surface area (Å²) in [5, 5.41) is 0. The minimum atomic E-state index is -4.57. The van der Waals surface area contributed by atoms with Gasteiger partial charge in [0.2, 0.25) is 10.0 Å². The molecule has 0 unspecified atom stereocenters. The van der Waals surface area contributed by atoms with E-state index in [9.17, 15) is 21.6 Å². The molecule has 1 aromatic heterocycles. The van der Waals surface area contributed by atoms with Gasteiger partial charge in [0.15, 0.2) is 0 Å². The predicted molar refractivity (Wildman–Crippen MR) is 71.1 cm³/mol. The second kappa shape index (κ2) is 5.62. The highest BCUT2D eigenvalue weighted by Gasteiger charge is 2.37. The molecule has 1 heterocycles. The van der Waals surface area contributed by atoms with Crippen molar-refractivity contribution in [2.45, 2.75) is 43.4 Å². The average molecular weight is 325 g/mol. The van der Waals surface area contributed by atoms with Gasteiger partial charge in [-0.15, -0.1) is 0 Å². The van der Waals surface area contributed by atoms with Crippen LogP contribution in [0.5, 0.6) is 0 Å². The summed E-state index contributed by atoms with van der Waals surface area (Å²) >= 11 is 0. The summed E-state index contributed by atoms with van der Waals surface area (Å²) in [6.45, 7) is -0.199. The Morgan fingerprint density at radius 1 is 1.43 bits per heavy atom. The third-order valence-electron chi connectivity index (χ3n) is 3.40. The molecule has 0 amide bonds. The Bertz CT molecular complexity index is 606. The van der Waals surface area contributed by atoms with Gasteiger partial charge in [-0.3, -0.25) is 0 Å². The van der Waals surface area contributed by atoms with Gasteiger partial charge in [-0.2, -0.15) is 17.5 Å². The highest BCUT2D eigenvalue weighted by molar-refractivity contribution is 7.89. The van der Waals surface area contributed by atoms with E-state index < -0.39 is 22.7 Å². The Kier molecular flexibility index (Phi) is 4.36. The lowest BCUT2D eigenvalue weighted by atomic mass is 10.4. The van der Waals surface area contributed by atoms with Gasteiger partial charge in [0.05, 0.1) is 0 Å². The molecular weight excluding hydrogens is 307 g/mol. The molecule has 5 nitrogen and oxygen atoms in total. The first-order chi connectivity index (χ1) is 9.69. The summed E-state index contributed by atoms with van der Waals surface area (Å²) in [6, 6.07) is 1.58. The van der Waals surface area contributed by atoms with Gasteiger partial charge < -0.3 is 10.3 Å². The Hall–Kier alpha value is -1.06. The zero-order valence-corrected chi connectivity index (χ0v) is 12.4. The standard InChI is InChI=1S/C12H18F3N3O2S/c1-2-17(8-12(13,14)15)21(19,20)11-5-10(6-16)18(7-11)9-3-4-9/h5,7,9H,2-4,6,8,16H2,1H3. The minimum Gasteiger partial charge on any atom is -0.346 e. The van der Waals surface area contributed by atoms with Crippen LogP contribution in [0.4, 0.5) is 13.2 Å². The second-order valence-electron chi connectivity index (χ2n) is 5.06. The molecule has 0 spiro atoms. The third kappa shape index (κ3) is 3.58. The lowest BCUT2D eigenvalue weighted by Crippen LogP contribution is -2.38. The predicted octanol–water partition coefficient (Wildman–Crippen LogP) is 1.85. The fourth-order valence-corrected chi connectivity index (χ4v) is 3.70. The van der Waals surface area contributed by atoms with E-state index in [0.29, 0.717) is 10.00 Å². The van der Waals surface area contributed by atoms with Gasteiger partial charge in [0.1, 0.15) is 11.4 Å². The van der Waals surface area contributed by atoms with Crippen molar-refractivity contribution >= 4 is 10.0 Å². The van der Waals surface area contributed by atoms with E-state index in [1.54, 1.807) is 4.57 Å². The van der Waals surface area contributed by atoms with E-state index >= 15 is 0 Å². The largest absolute Gasteiger partial charge is 0.402 e. The monoisotopic (exact) mass is 325 g/mol. The first-order valence-electron chi connectivity index (χ1n) is 6.66. The van der Waals surface area contributed by atoms with Crippen LogP contribution in [0.1, 0.15) is 31.5 Å². The van der Waals surface area contributed by atoms with Crippen LogP contribution < -0.4 is 5.73 Å². The van der Waals surface area contributed by atoms with Crippen LogP contribution in [-0.2, 0) is 16.6 Å². The van der Waals surface area contributed by atoms with Crippen LogP contribution in [0.15, 0.2) is 17.2 Å². The fraction of sp³-hybridized carbons (Fsp3) is 0.667. The average Bonchev–Trinajstić information content (AvgIpc) is 3.13. The summed E-state index contributed by atoms with van der Waals surface area (Å²) in [5.41, 5.74) is 6.20. The van der Waals surface area contributed by atoms with E-state index in [1.807, 2.05) is 0 Å². The van der Waals surface area contributed by atoms with Crippen molar-refractivity contribution in [1.82, 2.24) is 8.87 Å². The Balaban J connectivity index is 2.33. The van der Waals surface area contributed by atoms with Crippen LogP contribution in [0.3, 0.4) is 0 Å². The van der Waals surface area contributed by atoms with Crippen LogP contribution >= 0.6 is 0 Å². The van der Waals surface area contributed by atoms with Gasteiger partial charge in [-0.1, -0.05) is 6.92 Å². The van der Waals surface area contributed by atoms with Gasteiger partial charge in [-0.05, 0) is 18.9 Å². The van der Waals surface area contributed by atoms with Crippen molar-refractivity contribution in [3.05, 3.63) is 18.0 Å². The first-order valence-corrected chi connectivity index (χ1v) is 8.10. The van der Waals surface area contributed by atoms with Gasteiger partial charge in [0, 0.05) is 31.0 Å². The summed E-state index contributed by atoms with van der Waals surface area (Å²) in [7, 11) is -4.16. The minimum absolute atomic E-state index is 0.124. The lowest BCUT2D eigenvalue weighted by Gasteiger charge is -2.21. The van der Waals surface area contributed by atoms with E-state index in [1.165, 1.54) is 19.2 Å². The molecule has 0 atom stereocenters. The molecule has 0 saturated heterocycles. The van der Waals surface area contributed by atoms with Crippen molar-refractivity contribution in [3.8, 4) is 0 Å². The summed E-state index contributed by atoms with van der Waals surface area (Å²) in [6.07, 6.45) is -1.31. The highest BCUT2D eigenvalue weighted by atomic mass is 32.2. The highest BCUT2D eigenvalue weighted by Crippen LogP contribution is 2.37. The van der Waals surface area contributed by atoms with Gasteiger partial charge in [-0.25, -0.2) is 8.42 Å². The number of halogens is 3. The molecule has 2 rings (SSSR count). The molecule has 0 radical (unpaired) electrons. The quantitative estimate of drug-likeness (QED) is 0.868. The normalized spacial score (nSPS) is 16.7. The summed E-state index contributed by atoms with van der Waals surface area (Å²) < 4.78 is 64.4. The lowest BCUT2D eigenvalue weighted by molar-refractivity contribution is -0.135. The van der Waals surface area contributed by atoms with Crippen molar-refractivity contribution in [2.75, 3.05) is 13.1 Å². The van der Waals surface area contributed by atoms with E-state index in [2.05, 4.69) is 0 Å².